The molecule has 1 fully saturated rings. The van der Waals surface area contributed by atoms with E-state index in [2.05, 4.69) is 4.98 Å². The molecule has 6 heteroatoms. The van der Waals surface area contributed by atoms with E-state index in [4.69, 9.17) is 17.3 Å². The fourth-order valence-electron chi connectivity index (χ4n) is 1.77. The minimum absolute atomic E-state index is 0.0345. The number of pyridine rings is 1. The Labute approximate surface area is 95.6 Å². The van der Waals surface area contributed by atoms with Gasteiger partial charge in [-0.3, -0.25) is 0 Å². The number of halogens is 4. The Balaban J connectivity index is 2.31. The van der Waals surface area contributed by atoms with Crippen LogP contribution in [0.1, 0.15) is 23.5 Å². The predicted octanol–water partition coefficient (Wildman–Crippen LogP) is 2.82. The van der Waals surface area contributed by atoms with Crippen LogP contribution in [-0.4, -0.2) is 11.5 Å². The van der Waals surface area contributed by atoms with Gasteiger partial charge < -0.3 is 5.73 Å². The molecule has 2 N–H and O–H groups in total. The molecule has 0 aliphatic heterocycles. The maximum Gasteiger partial charge on any atom is 0.417 e. The van der Waals surface area contributed by atoms with E-state index in [0.29, 0.717) is 12.1 Å². The summed E-state index contributed by atoms with van der Waals surface area (Å²) in [7, 11) is 0. The molecule has 2 atom stereocenters. The molecule has 0 unspecified atom stereocenters. The molecule has 0 radical (unpaired) electrons. The predicted molar refractivity (Wildman–Crippen MR) is 54.2 cm³/mol. The molecular formula is C10H10ClF3N2. The number of hydrogen-bond acceptors (Lipinski definition) is 2. The summed E-state index contributed by atoms with van der Waals surface area (Å²) in [5, 5.41) is 0.147. The first-order valence-electron chi connectivity index (χ1n) is 4.86. The number of hydrogen-bond donors (Lipinski definition) is 1. The first kappa shape index (κ1) is 11.7. The van der Waals surface area contributed by atoms with Gasteiger partial charge in [0.2, 0.25) is 0 Å². The second kappa shape index (κ2) is 3.89. The second-order valence-corrected chi connectivity index (χ2v) is 4.30. The standard InChI is InChI=1S/C10H10ClF3N2/c11-9-8(7-1-5(7)3-15)2-6(4-16-9)10(12,13)14/h2,4-5,7H,1,3,15H2/t5-,7+/m0/s1. The van der Waals surface area contributed by atoms with E-state index < -0.39 is 11.7 Å². The molecule has 16 heavy (non-hydrogen) atoms. The monoisotopic (exact) mass is 250 g/mol. The van der Waals surface area contributed by atoms with Gasteiger partial charge in [0.05, 0.1) is 5.56 Å². The Morgan fingerprint density at radius 2 is 2.19 bits per heavy atom. The molecule has 2 rings (SSSR count). The molecule has 88 valence electrons. The van der Waals surface area contributed by atoms with Gasteiger partial charge in [-0.1, -0.05) is 11.6 Å². The normalized spacial score (nSPS) is 24.6. The van der Waals surface area contributed by atoms with Crippen LogP contribution < -0.4 is 5.73 Å². The Hall–Kier alpha value is -0.810. The van der Waals surface area contributed by atoms with Crippen molar-refractivity contribution in [2.24, 2.45) is 11.7 Å². The van der Waals surface area contributed by atoms with E-state index in [1.807, 2.05) is 0 Å². The third-order valence-corrected chi connectivity index (χ3v) is 3.13. The van der Waals surface area contributed by atoms with E-state index in [9.17, 15) is 13.2 Å². The number of aromatic nitrogens is 1. The molecule has 0 aromatic carbocycles. The van der Waals surface area contributed by atoms with Gasteiger partial charge in [-0.2, -0.15) is 13.2 Å². The summed E-state index contributed by atoms with van der Waals surface area (Å²) >= 11 is 5.78. The third-order valence-electron chi connectivity index (χ3n) is 2.82. The van der Waals surface area contributed by atoms with Gasteiger partial charge in [0.25, 0.3) is 0 Å². The van der Waals surface area contributed by atoms with Crippen molar-refractivity contribution < 1.29 is 13.2 Å². The minimum Gasteiger partial charge on any atom is -0.330 e. The summed E-state index contributed by atoms with van der Waals surface area (Å²) < 4.78 is 37.4. The van der Waals surface area contributed by atoms with Crippen LogP contribution in [0.3, 0.4) is 0 Å². The Kier molecular flexibility index (Phi) is 2.84. The van der Waals surface area contributed by atoms with Crippen molar-refractivity contribution in [3.8, 4) is 0 Å². The van der Waals surface area contributed by atoms with Crippen LogP contribution in [0.4, 0.5) is 13.2 Å². The maximum absolute atomic E-state index is 12.5. The smallest absolute Gasteiger partial charge is 0.330 e. The summed E-state index contributed by atoms with van der Waals surface area (Å²) in [5.41, 5.74) is 5.16. The van der Waals surface area contributed by atoms with E-state index in [0.717, 1.165) is 18.7 Å². The summed E-state index contributed by atoms with van der Waals surface area (Å²) in [6, 6.07) is 1.08. The maximum atomic E-state index is 12.5. The molecule has 0 saturated heterocycles. The minimum atomic E-state index is -4.38. The summed E-state index contributed by atoms with van der Waals surface area (Å²) in [4.78, 5) is 3.58. The molecule has 1 aliphatic rings. The number of nitrogens with two attached hydrogens (primary N) is 1. The van der Waals surface area contributed by atoms with Crippen molar-refractivity contribution in [2.45, 2.75) is 18.5 Å². The number of rotatable bonds is 2. The molecule has 0 amide bonds. The lowest BCUT2D eigenvalue weighted by molar-refractivity contribution is -0.137. The summed E-state index contributed by atoms with van der Waals surface area (Å²) in [6.45, 7) is 0.469. The molecule has 0 spiro atoms. The van der Waals surface area contributed by atoms with Crippen LogP contribution in [0.25, 0.3) is 0 Å². The Morgan fingerprint density at radius 1 is 1.50 bits per heavy atom. The fraction of sp³-hybridized carbons (Fsp3) is 0.500. The van der Waals surface area contributed by atoms with Crippen LogP contribution in [0.15, 0.2) is 12.3 Å². The van der Waals surface area contributed by atoms with E-state index >= 15 is 0 Å². The first-order valence-corrected chi connectivity index (χ1v) is 5.24. The van der Waals surface area contributed by atoms with Crippen molar-refractivity contribution >= 4 is 11.6 Å². The average Bonchev–Trinajstić information content (AvgIpc) is 2.95. The lowest BCUT2D eigenvalue weighted by Gasteiger charge is -2.09. The fourth-order valence-corrected chi connectivity index (χ4v) is 2.01. The molecule has 0 bridgehead atoms. The van der Waals surface area contributed by atoms with Crippen molar-refractivity contribution in [2.75, 3.05) is 6.54 Å². The lowest BCUT2D eigenvalue weighted by atomic mass is 10.1. The van der Waals surface area contributed by atoms with Crippen molar-refractivity contribution in [3.05, 3.63) is 28.5 Å². The van der Waals surface area contributed by atoms with Crippen LogP contribution in [-0.2, 0) is 6.18 Å². The number of nitrogens with zero attached hydrogens (tertiary/aromatic N) is 1. The molecule has 1 aliphatic carbocycles. The highest BCUT2D eigenvalue weighted by molar-refractivity contribution is 6.30. The zero-order chi connectivity index (χ0) is 11.9. The van der Waals surface area contributed by atoms with Gasteiger partial charge in [0.15, 0.2) is 0 Å². The second-order valence-electron chi connectivity index (χ2n) is 3.94. The molecule has 1 saturated carbocycles. The largest absolute Gasteiger partial charge is 0.417 e. The molecule has 1 aromatic heterocycles. The first-order chi connectivity index (χ1) is 7.43. The van der Waals surface area contributed by atoms with Gasteiger partial charge >= 0.3 is 6.18 Å². The zero-order valence-electron chi connectivity index (χ0n) is 8.26. The van der Waals surface area contributed by atoms with Gasteiger partial charge in [0.1, 0.15) is 5.15 Å². The highest BCUT2D eigenvalue weighted by Gasteiger charge is 2.40. The topological polar surface area (TPSA) is 38.9 Å². The zero-order valence-corrected chi connectivity index (χ0v) is 9.02. The molecule has 2 nitrogen and oxygen atoms in total. The van der Waals surface area contributed by atoms with Crippen molar-refractivity contribution in [1.29, 1.82) is 0 Å². The lowest BCUT2D eigenvalue weighted by Crippen LogP contribution is -2.07. The van der Waals surface area contributed by atoms with E-state index in [1.54, 1.807) is 0 Å². The molecule has 1 aromatic rings. The Morgan fingerprint density at radius 3 is 2.69 bits per heavy atom. The van der Waals surface area contributed by atoms with Crippen LogP contribution in [0.2, 0.25) is 5.15 Å². The van der Waals surface area contributed by atoms with Crippen LogP contribution >= 0.6 is 11.6 Å². The SMILES string of the molecule is NC[C@@H]1C[C@H]1c1cc(C(F)(F)F)cnc1Cl. The Bertz CT molecular complexity index is 406. The quantitative estimate of drug-likeness (QED) is 0.820. The van der Waals surface area contributed by atoms with Gasteiger partial charge in [-0.15, -0.1) is 0 Å². The highest BCUT2D eigenvalue weighted by atomic mass is 35.5. The van der Waals surface area contributed by atoms with Gasteiger partial charge in [-0.25, -0.2) is 4.98 Å². The van der Waals surface area contributed by atoms with Gasteiger partial charge in [-0.05, 0) is 36.4 Å². The summed E-state index contributed by atoms with van der Waals surface area (Å²) in [5.74, 6) is 0.273. The van der Waals surface area contributed by atoms with E-state index in [-0.39, 0.29) is 17.0 Å². The third kappa shape index (κ3) is 2.15. The number of alkyl halides is 3. The highest BCUT2D eigenvalue weighted by Crippen LogP contribution is 2.49. The molecule has 1 heterocycles. The van der Waals surface area contributed by atoms with Crippen LogP contribution in [0.5, 0.6) is 0 Å². The average molecular weight is 251 g/mol. The van der Waals surface area contributed by atoms with E-state index in [1.165, 1.54) is 0 Å². The summed E-state index contributed by atoms with van der Waals surface area (Å²) in [6.07, 6.45) is -2.83. The van der Waals surface area contributed by atoms with Crippen molar-refractivity contribution in [1.82, 2.24) is 4.98 Å². The molecular weight excluding hydrogens is 241 g/mol. The van der Waals surface area contributed by atoms with Crippen molar-refractivity contribution in [3.63, 3.8) is 0 Å². The van der Waals surface area contributed by atoms with Crippen LogP contribution in [0, 0.1) is 5.92 Å². The van der Waals surface area contributed by atoms with Gasteiger partial charge in [0, 0.05) is 6.20 Å².